The van der Waals surface area contributed by atoms with E-state index in [2.05, 4.69) is 26.5 Å². The van der Waals surface area contributed by atoms with Crippen LogP contribution < -0.4 is 0 Å². The third kappa shape index (κ3) is 9.52. The predicted octanol–water partition coefficient (Wildman–Crippen LogP) is 5.05. The van der Waals surface area contributed by atoms with Crippen LogP contribution in [-0.4, -0.2) is 11.6 Å². The molecule has 0 atom stereocenters. The first-order valence-corrected chi connectivity index (χ1v) is 7.28. The van der Waals surface area contributed by atoms with Gasteiger partial charge in [0.05, 0.1) is 0 Å². The highest BCUT2D eigenvalue weighted by Gasteiger charge is 2.20. The molecule has 0 spiro atoms. The van der Waals surface area contributed by atoms with Crippen molar-refractivity contribution in [2.75, 3.05) is 0 Å². The molecule has 0 aromatic rings. The SMILES string of the molecule is C=CCC/C(=C/CCCC(C)(C)OC(C)=O)C(C)C. The average molecular weight is 266 g/mol. The van der Waals surface area contributed by atoms with E-state index in [1.165, 1.54) is 12.5 Å². The van der Waals surface area contributed by atoms with E-state index in [-0.39, 0.29) is 11.6 Å². The minimum absolute atomic E-state index is 0.200. The molecule has 0 amide bonds. The first kappa shape index (κ1) is 17.9. The molecule has 0 fully saturated rings. The van der Waals surface area contributed by atoms with Crippen LogP contribution in [0.25, 0.3) is 0 Å². The first-order chi connectivity index (χ1) is 8.78. The van der Waals surface area contributed by atoms with Crippen LogP contribution in [0.5, 0.6) is 0 Å². The molecule has 0 heterocycles. The minimum Gasteiger partial charge on any atom is -0.460 e. The van der Waals surface area contributed by atoms with E-state index in [4.69, 9.17) is 4.74 Å². The molecule has 0 saturated heterocycles. The molecule has 2 heteroatoms. The number of hydrogen-bond donors (Lipinski definition) is 0. The standard InChI is InChI=1S/C17H30O2/c1-7-8-11-16(14(2)3)12-9-10-13-17(5,6)19-15(4)18/h7,12,14H,1,8-11,13H2,2-6H3/b16-12-. The van der Waals surface area contributed by atoms with Crippen LogP contribution in [0.3, 0.4) is 0 Å². The summed E-state index contributed by atoms with van der Waals surface area (Å²) in [6, 6.07) is 0. The van der Waals surface area contributed by atoms with Gasteiger partial charge in [-0.3, -0.25) is 4.79 Å². The highest BCUT2D eigenvalue weighted by molar-refractivity contribution is 5.66. The molecule has 2 nitrogen and oxygen atoms in total. The van der Waals surface area contributed by atoms with Crippen molar-refractivity contribution in [3.63, 3.8) is 0 Å². The Morgan fingerprint density at radius 3 is 2.42 bits per heavy atom. The van der Waals surface area contributed by atoms with Crippen molar-refractivity contribution in [2.45, 2.75) is 72.3 Å². The highest BCUT2D eigenvalue weighted by atomic mass is 16.6. The molecule has 0 aromatic carbocycles. The maximum absolute atomic E-state index is 11.0. The topological polar surface area (TPSA) is 26.3 Å². The molecule has 0 aliphatic rings. The van der Waals surface area contributed by atoms with Crippen molar-refractivity contribution in [2.24, 2.45) is 5.92 Å². The molecule has 0 aliphatic carbocycles. The molecule has 0 rings (SSSR count). The summed E-state index contributed by atoms with van der Waals surface area (Å²) in [4.78, 5) is 11.0. The second kappa shape index (κ2) is 8.95. The molecular weight excluding hydrogens is 236 g/mol. The zero-order valence-corrected chi connectivity index (χ0v) is 13.3. The first-order valence-electron chi connectivity index (χ1n) is 7.28. The molecule has 0 aliphatic heterocycles. The Balaban J connectivity index is 4.16. The van der Waals surface area contributed by atoms with Crippen LogP contribution in [0.1, 0.15) is 66.7 Å². The molecule has 0 bridgehead atoms. The molecule has 0 radical (unpaired) electrons. The zero-order valence-electron chi connectivity index (χ0n) is 13.3. The predicted molar refractivity (Wildman–Crippen MR) is 82.0 cm³/mol. The lowest BCUT2D eigenvalue weighted by atomic mass is 9.95. The van der Waals surface area contributed by atoms with Crippen molar-refractivity contribution in [1.82, 2.24) is 0 Å². The van der Waals surface area contributed by atoms with Crippen molar-refractivity contribution < 1.29 is 9.53 Å². The fourth-order valence-corrected chi connectivity index (χ4v) is 2.15. The number of carbonyl (C=O) groups is 1. The summed E-state index contributed by atoms with van der Waals surface area (Å²) >= 11 is 0. The summed E-state index contributed by atoms with van der Waals surface area (Å²) in [6.45, 7) is 13.6. The van der Waals surface area contributed by atoms with E-state index in [1.54, 1.807) is 0 Å². The molecule has 19 heavy (non-hydrogen) atoms. The maximum Gasteiger partial charge on any atom is 0.303 e. The minimum atomic E-state index is -0.348. The summed E-state index contributed by atoms with van der Waals surface area (Å²) in [5, 5.41) is 0. The van der Waals surface area contributed by atoms with E-state index in [0.29, 0.717) is 5.92 Å². The lowest BCUT2D eigenvalue weighted by Crippen LogP contribution is -2.26. The van der Waals surface area contributed by atoms with Gasteiger partial charge in [0, 0.05) is 6.92 Å². The van der Waals surface area contributed by atoms with Crippen LogP contribution in [0.2, 0.25) is 0 Å². The number of allylic oxidation sites excluding steroid dienone is 3. The van der Waals surface area contributed by atoms with Crippen LogP contribution in [0.15, 0.2) is 24.3 Å². The van der Waals surface area contributed by atoms with E-state index in [9.17, 15) is 4.79 Å². The monoisotopic (exact) mass is 266 g/mol. The van der Waals surface area contributed by atoms with Gasteiger partial charge in [-0.15, -0.1) is 6.58 Å². The molecule has 0 N–H and O–H groups in total. The van der Waals surface area contributed by atoms with Crippen LogP contribution >= 0.6 is 0 Å². The van der Waals surface area contributed by atoms with Gasteiger partial charge in [0.2, 0.25) is 0 Å². The average Bonchev–Trinajstić information content (AvgIpc) is 2.25. The van der Waals surface area contributed by atoms with Crippen LogP contribution in [0, 0.1) is 5.92 Å². The summed E-state index contributed by atoms with van der Waals surface area (Å²) in [7, 11) is 0. The second-order valence-electron chi connectivity index (χ2n) is 6.01. The fraction of sp³-hybridized carbons (Fsp3) is 0.706. The smallest absolute Gasteiger partial charge is 0.303 e. The van der Waals surface area contributed by atoms with Crippen molar-refractivity contribution in [1.29, 1.82) is 0 Å². The van der Waals surface area contributed by atoms with Crippen molar-refractivity contribution in [3.05, 3.63) is 24.3 Å². The number of rotatable bonds is 9. The molecule has 110 valence electrons. The van der Waals surface area contributed by atoms with Gasteiger partial charge in [-0.25, -0.2) is 0 Å². The Hall–Kier alpha value is -1.05. The van der Waals surface area contributed by atoms with Gasteiger partial charge in [0.15, 0.2) is 0 Å². The Kier molecular flexibility index (Phi) is 8.46. The third-order valence-electron chi connectivity index (χ3n) is 3.19. The van der Waals surface area contributed by atoms with Crippen molar-refractivity contribution >= 4 is 5.97 Å². The van der Waals surface area contributed by atoms with Gasteiger partial charge < -0.3 is 4.74 Å². The summed E-state index contributed by atoms with van der Waals surface area (Å²) in [6.07, 6.45) is 9.46. The highest BCUT2D eigenvalue weighted by Crippen LogP contribution is 2.21. The Morgan fingerprint density at radius 2 is 1.95 bits per heavy atom. The number of carbonyl (C=O) groups excluding carboxylic acids is 1. The summed E-state index contributed by atoms with van der Waals surface area (Å²) < 4.78 is 5.28. The number of esters is 1. The quantitative estimate of drug-likeness (QED) is 0.332. The lowest BCUT2D eigenvalue weighted by molar-refractivity contribution is -0.154. The van der Waals surface area contributed by atoms with Gasteiger partial charge in [-0.1, -0.05) is 31.6 Å². The molecular formula is C17H30O2. The van der Waals surface area contributed by atoms with Gasteiger partial charge >= 0.3 is 5.97 Å². The van der Waals surface area contributed by atoms with Gasteiger partial charge in [-0.05, 0) is 51.9 Å². The molecule has 0 unspecified atom stereocenters. The van der Waals surface area contributed by atoms with Gasteiger partial charge in [-0.2, -0.15) is 0 Å². The van der Waals surface area contributed by atoms with Crippen molar-refractivity contribution in [3.8, 4) is 0 Å². The fourth-order valence-electron chi connectivity index (χ4n) is 2.15. The van der Waals surface area contributed by atoms with Crippen LogP contribution in [-0.2, 0) is 9.53 Å². The normalized spacial score (nSPS) is 12.6. The lowest BCUT2D eigenvalue weighted by Gasteiger charge is -2.24. The van der Waals surface area contributed by atoms with E-state index in [1.807, 2.05) is 19.9 Å². The number of ether oxygens (including phenoxy) is 1. The second-order valence-corrected chi connectivity index (χ2v) is 6.01. The summed E-state index contributed by atoms with van der Waals surface area (Å²) in [5.41, 5.74) is 1.16. The Labute approximate surface area is 118 Å². The summed E-state index contributed by atoms with van der Waals surface area (Å²) in [5.74, 6) is 0.399. The maximum atomic E-state index is 11.0. The van der Waals surface area contributed by atoms with Crippen LogP contribution in [0.4, 0.5) is 0 Å². The zero-order chi connectivity index (χ0) is 14.9. The van der Waals surface area contributed by atoms with Gasteiger partial charge in [0.25, 0.3) is 0 Å². The number of hydrogen-bond acceptors (Lipinski definition) is 2. The van der Waals surface area contributed by atoms with E-state index in [0.717, 1.165) is 32.1 Å². The molecule has 0 saturated carbocycles. The third-order valence-corrected chi connectivity index (χ3v) is 3.19. The van der Waals surface area contributed by atoms with Gasteiger partial charge in [0.1, 0.15) is 5.60 Å². The van der Waals surface area contributed by atoms with E-state index >= 15 is 0 Å². The number of unbranched alkanes of at least 4 members (excludes halogenated alkanes) is 1. The van der Waals surface area contributed by atoms with E-state index < -0.39 is 0 Å². The molecule has 0 aromatic heterocycles. The Bertz CT molecular complexity index is 311. The Morgan fingerprint density at radius 1 is 1.32 bits per heavy atom. The largest absolute Gasteiger partial charge is 0.460 e.